The Balaban J connectivity index is 3.02. The molecule has 0 amide bonds. The summed E-state index contributed by atoms with van der Waals surface area (Å²) in [5.74, 6) is 0. The third-order valence-corrected chi connectivity index (χ3v) is 0. The molecule has 0 atom stereocenters. The summed E-state index contributed by atoms with van der Waals surface area (Å²) < 4.78 is -0.0300. The molecule has 0 aromatic heterocycles. The summed E-state index contributed by atoms with van der Waals surface area (Å²) in [7, 11) is 0. The van der Waals surface area contributed by atoms with Crippen molar-refractivity contribution >= 4 is 22.6 Å². The van der Waals surface area contributed by atoms with Crippen LogP contribution in [-0.2, 0) is 0 Å². The van der Waals surface area contributed by atoms with E-state index in [9.17, 15) is 0 Å². The molecule has 32 valence electrons. The maximum absolute atomic E-state index is 5.34. The van der Waals surface area contributed by atoms with Gasteiger partial charge in [-0.05, 0) is 13.8 Å². The van der Waals surface area contributed by atoms with Crippen LogP contribution in [0.5, 0.6) is 0 Å². The van der Waals surface area contributed by atoms with Crippen molar-refractivity contribution in [2.45, 2.75) is 17.4 Å². The van der Waals surface area contributed by atoms with Crippen molar-refractivity contribution in [2.24, 2.45) is 5.73 Å². The molecule has 5 heavy (non-hydrogen) atoms. The molecule has 0 unspecified atom stereocenters. The zero-order chi connectivity index (χ0) is 4.50. The first-order chi connectivity index (χ1) is 2.00. The lowest BCUT2D eigenvalue weighted by atomic mass is 10.4. The van der Waals surface area contributed by atoms with E-state index in [-0.39, 0.29) is 3.55 Å². The Labute approximate surface area is 46.1 Å². The molecule has 0 fully saturated rings. The largest absolute Gasteiger partial charge is 0.317 e. The van der Waals surface area contributed by atoms with Crippen molar-refractivity contribution in [3.8, 4) is 0 Å². The maximum Gasteiger partial charge on any atom is 0.0623 e. The number of alkyl halides is 1. The van der Waals surface area contributed by atoms with Crippen LogP contribution in [0.1, 0.15) is 13.8 Å². The summed E-state index contributed by atoms with van der Waals surface area (Å²) in [6.07, 6.45) is 0. The second-order valence-corrected chi connectivity index (χ2v) is 4.34. The fourth-order valence-electron chi connectivity index (χ4n) is 0. The molecule has 0 aromatic rings. The molecule has 0 aliphatic heterocycles. The van der Waals surface area contributed by atoms with Gasteiger partial charge in [0.25, 0.3) is 0 Å². The van der Waals surface area contributed by atoms with Crippen LogP contribution in [0.3, 0.4) is 0 Å². The number of hydrogen-bond acceptors (Lipinski definition) is 1. The second-order valence-electron chi connectivity index (χ2n) is 1.56. The first kappa shape index (κ1) is 5.69. The fourth-order valence-corrected chi connectivity index (χ4v) is 0. The van der Waals surface area contributed by atoms with Crippen molar-refractivity contribution in [1.82, 2.24) is 0 Å². The lowest BCUT2D eigenvalue weighted by molar-refractivity contribution is 0.800. The predicted molar refractivity (Wildman–Crippen MR) is 32.3 cm³/mol. The number of rotatable bonds is 0. The Kier molecular flexibility index (Phi) is 1.62. The molecule has 0 aliphatic rings. The highest BCUT2D eigenvalue weighted by atomic mass is 127. The van der Waals surface area contributed by atoms with Gasteiger partial charge in [0, 0.05) is 0 Å². The lowest BCUT2D eigenvalue weighted by Gasteiger charge is -2.03. The van der Waals surface area contributed by atoms with E-state index >= 15 is 0 Å². The van der Waals surface area contributed by atoms with Gasteiger partial charge in [-0.3, -0.25) is 0 Å². The van der Waals surface area contributed by atoms with Gasteiger partial charge in [0.05, 0.1) is 3.55 Å². The standard InChI is InChI=1S/C3H8IN/c1-3(2,4)5/h5H2,1-2H3. The Morgan fingerprint density at radius 3 is 1.60 bits per heavy atom. The molecule has 0 rings (SSSR count). The molecule has 1 nitrogen and oxygen atoms in total. The monoisotopic (exact) mass is 185 g/mol. The Hall–Kier alpha value is 0.690. The lowest BCUT2D eigenvalue weighted by Crippen LogP contribution is -2.21. The summed E-state index contributed by atoms with van der Waals surface area (Å²) in [5, 5.41) is 0. The van der Waals surface area contributed by atoms with Crippen molar-refractivity contribution in [1.29, 1.82) is 0 Å². The molecular weight excluding hydrogens is 177 g/mol. The van der Waals surface area contributed by atoms with Gasteiger partial charge in [-0.2, -0.15) is 0 Å². The first-order valence-electron chi connectivity index (χ1n) is 1.48. The highest BCUT2D eigenvalue weighted by Crippen LogP contribution is 2.04. The minimum Gasteiger partial charge on any atom is -0.317 e. The van der Waals surface area contributed by atoms with Gasteiger partial charge < -0.3 is 5.73 Å². The zero-order valence-corrected chi connectivity index (χ0v) is 5.61. The predicted octanol–water partition coefficient (Wildman–Crippen LogP) is 1.12. The Morgan fingerprint density at radius 2 is 1.60 bits per heavy atom. The molecule has 0 bridgehead atoms. The minimum atomic E-state index is -0.0300. The molecule has 2 heteroatoms. The smallest absolute Gasteiger partial charge is 0.0623 e. The maximum atomic E-state index is 5.34. The van der Waals surface area contributed by atoms with Crippen molar-refractivity contribution in [3.05, 3.63) is 0 Å². The normalized spacial score (nSPS) is 12.0. The van der Waals surface area contributed by atoms with Crippen LogP contribution >= 0.6 is 22.6 Å². The Bertz CT molecular complexity index is 22.4. The van der Waals surface area contributed by atoms with Crippen molar-refractivity contribution < 1.29 is 0 Å². The van der Waals surface area contributed by atoms with Crippen LogP contribution in [0.25, 0.3) is 0 Å². The van der Waals surface area contributed by atoms with Crippen LogP contribution in [0.15, 0.2) is 0 Å². The SMILES string of the molecule is CC(C)(N)I. The van der Waals surface area contributed by atoms with E-state index in [1.165, 1.54) is 0 Å². The van der Waals surface area contributed by atoms with Gasteiger partial charge in [0.2, 0.25) is 0 Å². The molecule has 0 saturated heterocycles. The third kappa shape index (κ3) is 71.3. The molecule has 0 spiro atoms. The highest BCUT2D eigenvalue weighted by molar-refractivity contribution is 14.1. The number of hydrogen-bond donors (Lipinski definition) is 1. The summed E-state index contributed by atoms with van der Waals surface area (Å²) >= 11 is 2.16. The number of halogens is 1. The Morgan fingerprint density at radius 1 is 1.60 bits per heavy atom. The summed E-state index contributed by atoms with van der Waals surface area (Å²) in [4.78, 5) is 0. The summed E-state index contributed by atoms with van der Waals surface area (Å²) in [5.41, 5.74) is 5.34. The van der Waals surface area contributed by atoms with Gasteiger partial charge in [-0.15, -0.1) is 0 Å². The summed E-state index contributed by atoms with van der Waals surface area (Å²) in [6, 6.07) is 0. The minimum absolute atomic E-state index is 0.0300. The van der Waals surface area contributed by atoms with Crippen LogP contribution in [0, 0.1) is 0 Å². The molecule has 0 aliphatic carbocycles. The molecule has 2 N–H and O–H groups in total. The van der Waals surface area contributed by atoms with E-state index < -0.39 is 0 Å². The van der Waals surface area contributed by atoms with E-state index in [0.717, 1.165) is 0 Å². The second kappa shape index (κ2) is 1.43. The highest BCUT2D eigenvalue weighted by Gasteiger charge is 1.98. The summed E-state index contributed by atoms with van der Waals surface area (Å²) in [6.45, 7) is 3.90. The van der Waals surface area contributed by atoms with E-state index in [1.54, 1.807) is 0 Å². The zero-order valence-electron chi connectivity index (χ0n) is 3.46. The van der Waals surface area contributed by atoms with Crippen molar-refractivity contribution in [3.63, 3.8) is 0 Å². The van der Waals surface area contributed by atoms with E-state index in [2.05, 4.69) is 22.6 Å². The van der Waals surface area contributed by atoms with Crippen LogP contribution in [0.4, 0.5) is 0 Å². The van der Waals surface area contributed by atoms with Gasteiger partial charge in [-0.1, -0.05) is 22.6 Å². The average molecular weight is 185 g/mol. The first-order valence-corrected chi connectivity index (χ1v) is 2.56. The molecular formula is C3H8IN. The molecule has 0 radical (unpaired) electrons. The van der Waals surface area contributed by atoms with Gasteiger partial charge in [0.1, 0.15) is 0 Å². The quantitative estimate of drug-likeness (QED) is 0.341. The van der Waals surface area contributed by atoms with Crippen LogP contribution in [-0.4, -0.2) is 3.55 Å². The van der Waals surface area contributed by atoms with Gasteiger partial charge >= 0.3 is 0 Å². The van der Waals surface area contributed by atoms with Crippen LogP contribution in [0.2, 0.25) is 0 Å². The molecule has 0 heterocycles. The van der Waals surface area contributed by atoms with Gasteiger partial charge in [0.15, 0.2) is 0 Å². The van der Waals surface area contributed by atoms with Crippen molar-refractivity contribution in [2.75, 3.05) is 0 Å². The average Bonchev–Trinajstić information content (AvgIpc) is 0.722. The third-order valence-electron chi connectivity index (χ3n) is 0. The van der Waals surface area contributed by atoms with Crippen LogP contribution < -0.4 is 5.73 Å². The van der Waals surface area contributed by atoms with E-state index in [1.807, 2.05) is 13.8 Å². The molecule has 0 saturated carbocycles. The molecule has 0 aromatic carbocycles. The van der Waals surface area contributed by atoms with E-state index in [0.29, 0.717) is 0 Å². The topological polar surface area (TPSA) is 26.0 Å². The fraction of sp³-hybridized carbons (Fsp3) is 1.00. The van der Waals surface area contributed by atoms with Gasteiger partial charge in [-0.25, -0.2) is 0 Å². The van der Waals surface area contributed by atoms with E-state index in [4.69, 9.17) is 5.73 Å². The number of nitrogens with two attached hydrogens (primary N) is 1.